The Hall–Kier alpha value is -2.58. The molecule has 1 aliphatic rings. The SMILES string of the molecule is CCCCc1nc(/C=C2/SC(=Nc3ccc(CC(=O)O)cc3)NC2=O)c(Cl)[nH]1. The minimum absolute atomic E-state index is 0.0418. The van der Waals surface area contributed by atoms with Crippen LogP contribution < -0.4 is 5.32 Å². The third-order valence-corrected chi connectivity index (χ3v) is 5.14. The van der Waals surface area contributed by atoms with Gasteiger partial charge in [-0.15, -0.1) is 0 Å². The normalized spacial score (nSPS) is 16.7. The largest absolute Gasteiger partial charge is 0.481 e. The van der Waals surface area contributed by atoms with Crippen LogP contribution in [0.5, 0.6) is 0 Å². The molecule has 0 radical (unpaired) electrons. The Balaban J connectivity index is 1.72. The smallest absolute Gasteiger partial charge is 0.307 e. The van der Waals surface area contributed by atoms with Crippen molar-refractivity contribution in [3.8, 4) is 0 Å². The van der Waals surface area contributed by atoms with E-state index in [2.05, 4.69) is 27.2 Å². The highest BCUT2D eigenvalue weighted by atomic mass is 35.5. The average molecular weight is 419 g/mol. The molecule has 0 saturated carbocycles. The number of imidazole rings is 1. The molecule has 1 saturated heterocycles. The first kappa shape index (κ1) is 20.2. The molecule has 3 rings (SSSR count). The quantitative estimate of drug-likeness (QED) is 0.590. The van der Waals surface area contributed by atoms with Crippen molar-refractivity contribution in [1.29, 1.82) is 0 Å². The van der Waals surface area contributed by atoms with Gasteiger partial charge in [0, 0.05) is 6.42 Å². The number of carboxylic acid groups (broad SMARTS) is 1. The Kier molecular flexibility index (Phi) is 6.53. The fourth-order valence-corrected chi connectivity index (χ4v) is 3.58. The van der Waals surface area contributed by atoms with Crippen LogP contribution in [0.1, 0.15) is 36.8 Å². The summed E-state index contributed by atoms with van der Waals surface area (Å²) in [5.41, 5.74) is 1.84. The average Bonchev–Trinajstić information content (AvgIpc) is 3.17. The zero-order chi connectivity index (χ0) is 20.1. The molecule has 0 spiro atoms. The Morgan fingerprint density at radius 3 is 2.79 bits per heavy atom. The highest BCUT2D eigenvalue weighted by molar-refractivity contribution is 8.18. The lowest BCUT2D eigenvalue weighted by atomic mass is 10.1. The second-order valence-electron chi connectivity index (χ2n) is 6.20. The zero-order valence-corrected chi connectivity index (χ0v) is 16.7. The van der Waals surface area contributed by atoms with Gasteiger partial charge in [-0.05, 0) is 42.0 Å². The third kappa shape index (κ3) is 5.24. The molecule has 7 nitrogen and oxygen atoms in total. The number of aryl methyl sites for hydroxylation is 1. The van der Waals surface area contributed by atoms with E-state index in [9.17, 15) is 9.59 Å². The van der Waals surface area contributed by atoms with Gasteiger partial charge in [-0.25, -0.2) is 9.98 Å². The molecular weight excluding hydrogens is 400 g/mol. The number of benzene rings is 1. The first-order valence-corrected chi connectivity index (χ1v) is 9.98. The minimum atomic E-state index is -0.887. The van der Waals surface area contributed by atoms with E-state index < -0.39 is 5.97 Å². The summed E-state index contributed by atoms with van der Waals surface area (Å²) >= 11 is 7.39. The van der Waals surface area contributed by atoms with E-state index in [1.807, 2.05) is 0 Å². The monoisotopic (exact) mass is 418 g/mol. The molecule has 1 aromatic heterocycles. The number of aliphatic imine (C=N–C) groups is 1. The van der Waals surface area contributed by atoms with Crippen LogP contribution in [-0.4, -0.2) is 32.1 Å². The fraction of sp³-hybridized carbons (Fsp3) is 0.263. The summed E-state index contributed by atoms with van der Waals surface area (Å²) in [7, 11) is 0. The highest BCUT2D eigenvalue weighted by Gasteiger charge is 2.24. The molecule has 1 aromatic carbocycles. The van der Waals surface area contributed by atoms with Crippen molar-refractivity contribution in [3.63, 3.8) is 0 Å². The Bertz CT molecular complexity index is 951. The lowest BCUT2D eigenvalue weighted by Crippen LogP contribution is -2.19. The number of amides is 1. The van der Waals surface area contributed by atoms with E-state index >= 15 is 0 Å². The van der Waals surface area contributed by atoms with Gasteiger partial charge in [0.25, 0.3) is 5.91 Å². The number of carbonyl (C=O) groups is 2. The number of amidine groups is 1. The zero-order valence-electron chi connectivity index (χ0n) is 15.2. The third-order valence-electron chi connectivity index (χ3n) is 3.94. The number of unbranched alkanes of at least 4 members (excludes halogenated alkanes) is 1. The maximum atomic E-state index is 12.2. The van der Waals surface area contributed by atoms with E-state index in [-0.39, 0.29) is 12.3 Å². The number of aromatic nitrogens is 2. The van der Waals surface area contributed by atoms with Crippen molar-refractivity contribution in [2.45, 2.75) is 32.6 Å². The number of halogens is 1. The van der Waals surface area contributed by atoms with Crippen LogP contribution >= 0.6 is 23.4 Å². The van der Waals surface area contributed by atoms with Crippen molar-refractivity contribution in [1.82, 2.24) is 15.3 Å². The van der Waals surface area contributed by atoms with Gasteiger partial charge in [0.05, 0.1) is 17.0 Å². The van der Waals surface area contributed by atoms with Crippen LogP contribution in [-0.2, 0) is 22.4 Å². The van der Waals surface area contributed by atoms with Crippen molar-refractivity contribution < 1.29 is 14.7 Å². The Labute approximate surface area is 171 Å². The van der Waals surface area contributed by atoms with Gasteiger partial charge in [-0.2, -0.15) is 0 Å². The lowest BCUT2D eigenvalue weighted by Gasteiger charge is -1.99. The molecule has 1 amide bonds. The first-order valence-electron chi connectivity index (χ1n) is 8.79. The summed E-state index contributed by atoms with van der Waals surface area (Å²) in [6.07, 6.45) is 4.48. The van der Waals surface area contributed by atoms with Crippen LogP contribution in [0, 0.1) is 0 Å². The molecule has 0 atom stereocenters. The molecule has 1 fully saturated rings. The molecule has 146 valence electrons. The van der Waals surface area contributed by atoms with E-state index in [0.29, 0.717) is 32.2 Å². The van der Waals surface area contributed by atoms with E-state index in [4.69, 9.17) is 16.7 Å². The summed E-state index contributed by atoms with van der Waals surface area (Å²) in [6, 6.07) is 6.83. The van der Waals surface area contributed by atoms with Crippen molar-refractivity contribution >= 4 is 52.2 Å². The highest BCUT2D eigenvalue weighted by Crippen LogP contribution is 2.29. The van der Waals surface area contributed by atoms with E-state index in [1.165, 1.54) is 11.8 Å². The molecule has 2 aromatic rings. The number of nitrogens with one attached hydrogen (secondary N) is 2. The number of hydrogen-bond donors (Lipinski definition) is 3. The summed E-state index contributed by atoms with van der Waals surface area (Å²) in [5, 5.41) is 12.4. The van der Waals surface area contributed by atoms with Gasteiger partial charge < -0.3 is 15.4 Å². The predicted octanol–water partition coefficient (Wildman–Crippen LogP) is 3.92. The van der Waals surface area contributed by atoms with Crippen molar-refractivity contribution in [2.24, 2.45) is 4.99 Å². The standard InChI is InChI=1S/C19H19ClN4O3S/c1-2-3-4-15-22-13(17(20)23-15)10-14-18(27)24-19(28-14)21-12-7-5-11(6-8-12)9-16(25)26/h5-8,10H,2-4,9H2,1H3,(H,22,23)(H,25,26)(H,21,24,27)/b14-10+. The second-order valence-corrected chi connectivity index (χ2v) is 7.61. The molecular formula is C19H19ClN4O3S. The summed E-state index contributed by atoms with van der Waals surface area (Å²) in [6.45, 7) is 2.10. The molecule has 1 aliphatic heterocycles. The predicted molar refractivity (Wildman–Crippen MR) is 111 cm³/mol. The van der Waals surface area contributed by atoms with Gasteiger partial charge in [-0.3, -0.25) is 9.59 Å². The van der Waals surface area contributed by atoms with Gasteiger partial charge in [0.2, 0.25) is 0 Å². The number of carbonyl (C=O) groups excluding carboxylic acids is 1. The summed E-state index contributed by atoms with van der Waals surface area (Å²) in [4.78, 5) is 35.3. The van der Waals surface area contributed by atoms with E-state index in [0.717, 1.165) is 25.1 Å². The maximum absolute atomic E-state index is 12.2. The molecule has 28 heavy (non-hydrogen) atoms. The number of aliphatic carboxylic acids is 1. The summed E-state index contributed by atoms with van der Waals surface area (Å²) in [5.74, 6) is -0.347. The number of H-pyrrole nitrogens is 1. The number of nitrogens with zero attached hydrogens (tertiary/aromatic N) is 2. The Morgan fingerprint density at radius 2 is 2.11 bits per heavy atom. The molecule has 0 bridgehead atoms. The second kappa shape index (κ2) is 9.07. The number of hydrogen-bond acceptors (Lipinski definition) is 5. The van der Waals surface area contributed by atoms with Crippen LogP contribution in [0.15, 0.2) is 34.2 Å². The Morgan fingerprint density at radius 1 is 1.36 bits per heavy atom. The number of carboxylic acids is 1. The van der Waals surface area contributed by atoms with Crippen molar-refractivity contribution in [3.05, 3.63) is 51.4 Å². The minimum Gasteiger partial charge on any atom is -0.481 e. The van der Waals surface area contributed by atoms with Gasteiger partial charge in [0.1, 0.15) is 16.7 Å². The number of rotatable bonds is 7. The van der Waals surface area contributed by atoms with Crippen LogP contribution in [0.3, 0.4) is 0 Å². The first-order chi connectivity index (χ1) is 13.4. The topological polar surface area (TPSA) is 107 Å². The lowest BCUT2D eigenvalue weighted by molar-refractivity contribution is -0.136. The van der Waals surface area contributed by atoms with Gasteiger partial charge in [-0.1, -0.05) is 37.1 Å². The molecule has 0 aliphatic carbocycles. The maximum Gasteiger partial charge on any atom is 0.307 e. The fourth-order valence-electron chi connectivity index (χ4n) is 2.56. The number of thioether (sulfide) groups is 1. The summed E-state index contributed by atoms with van der Waals surface area (Å²) < 4.78 is 0. The van der Waals surface area contributed by atoms with Crippen LogP contribution in [0.25, 0.3) is 6.08 Å². The van der Waals surface area contributed by atoms with Crippen LogP contribution in [0.4, 0.5) is 5.69 Å². The van der Waals surface area contributed by atoms with Crippen molar-refractivity contribution in [2.75, 3.05) is 0 Å². The molecule has 0 unspecified atom stereocenters. The molecule has 9 heteroatoms. The van der Waals surface area contributed by atoms with E-state index in [1.54, 1.807) is 30.3 Å². The molecule has 2 heterocycles. The van der Waals surface area contributed by atoms with Crippen LogP contribution in [0.2, 0.25) is 5.15 Å². The van der Waals surface area contributed by atoms with Gasteiger partial charge in [0.15, 0.2) is 5.17 Å². The molecule has 3 N–H and O–H groups in total. The van der Waals surface area contributed by atoms with Gasteiger partial charge >= 0.3 is 5.97 Å². The number of aromatic amines is 1.